The molecule has 0 bridgehead atoms. The average molecular weight is 264 g/mol. The van der Waals surface area contributed by atoms with E-state index in [-0.39, 0.29) is 11.2 Å². The maximum absolute atomic E-state index is 12.2. The van der Waals surface area contributed by atoms with Gasteiger partial charge in [0.1, 0.15) is 0 Å². The van der Waals surface area contributed by atoms with Crippen molar-refractivity contribution in [2.75, 3.05) is 16.8 Å². The molecular weight excluding hydrogens is 244 g/mol. The first kappa shape index (κ1) is 13.3. The summed E-state index contributed by atoms with van der Waals surface area (Å²) in [5.41, 5.74) is 9.58. The molecule has 98 valence electrons. The molecule has 1 aliphatic rings. The molecule has 3 nitrogen and oxygen atoms in total. The van der Waals surface area contributed by atoms with Crippen LogP contribution in [0.1, 0.15) is 30.4 Å². The van der Waals surface area contributed by atoms with Crippen molar-refractivity contribution in [1.29, 1.82) is 0 Å². The van der Waals surface area contributed by atoms with E-state index in [1.165, 1.54) is 6.42 Å². The number of nitrogen functional groups attached to an aromatic ring is 1. The minimum atomic E-state index is 0.0815. The number of nitrogens with two attached hydrogens (primary N) is 1. The number of amides is 1. The third kappa shape index (κ3) is 2.80. The Morgan fingerprint density at radius 2 is 2.17 bits per heavy atom. The number of hydrogen-bond donors (Lipinski definition) is 2. The summed E-state index contributed by atoms with van der Waals surface area (Å²) in [7, 11) is 0. The number of carbonyl (C=O) groups excluding carboxylic acids is 1. The zero-order chi connectivity index (χ0) is 13.1. The van der Waals surface area contributed by atoms with Crippen LogP contribution >= 0.6 is 11.8 Å². The lowest BCUT2D eigenvalue weighted by atomic mass is 10.1. The lowest BCUT2D eigenvalue weighted by Crippen LogP contribution is -2.28. The van der Waals surface area contributed by atoms with E-state index < -0.39 is 0 Å². The number of carbonyl (C=O) groups is 1. The molecule has 1 aromatic rings. The molecule has 1 atom stereocenters. The highest BCUT2D eigenvalue weighted by molar-refractivity contribution is 8.00. The van der Waals surface area contributed by atoms with Gasteiger partial charge in [0.15, 0.2) is 0 Å². The van der Waals surface area contributed by atoms with E-state index in [0.717, 1.165) is 35.4 Å². The molecule has 2 rings (SSSR count). The Hall–Kier alpha value is -1.16. The minimum Gasteiger partial charge on any atom is -0.397 e. The SMILES string of the molecule is Cc1ccc(N)c(NC(=O)C2CCCCS2)c1C. The summed E-state index contributed by atoms with van der Waals surface area (Å²) < 4.78 is 0. The van der Waals surface area contributed by atoms with Gasteiger partial charge in [0.05, 0.1) is 16.6 Å². The van der Waals surface area contributed by atoms with Crippen LogP contribution in [-0.4, -0.2) is 16.9 Å². The molecule has 1 aromatic carbocycles. The highest BCUT2D eigenvalue weighted by Gasteiger charge is 2.22. The molecule has 1 amide bonds. The third-order valence-corrected chi connectivity index (χ3v) is 4.86. The number of nitrogens with one attached hydrogen (secondary N) is 1. The molecule has 1 unspecified atom stereocenters. The van der Waals surface area contributed by atoms with E-state index in [1.54, 1.807) is 11.8 Å². The first-order valence-electron chi connectivity index (χ1n) is 6.37. The van der Waals surface area contributed by atoms with Crippen molar-refractivity contribution in [3.8, 4) is 0 Å². The zero-order valence-electron chi connectivity index (χ0n) is 11.0. The predicted octanol–water partition coefficient (Wildman–Crippen LogP) is 3.11. The summed E-state index contributed by atoms with van der Waals surface area (Å²) in [5, 5.41) is 3.09. The number of thioether (sulfide) groups is 1. The second kappa shape index (κ2) is 5.65. The Kier molecular flexibility index (Phi) is 4.17. The summed E-state index contributed by atoms with van der Waals surface area (Å²) in [6.07, 6.45) is 3.34. The Labute approximate surface area is 113 Å². The van der Waals surface area contributed by atoms with Crippen molar-refractivity contribution in [2.45, 2.75) is 38.4 Å². The van der Waals surface area contributed by atoms with Crippen LogP contribution < -0.4 is 11.1 Å². The highest BCUT2D eigenvalue weighted by Crippen LogP contribution is 2.29. The van der Waals surface area contributed by atoms with Crippen LogP contribution in [0.25, 0.3) is 0 Å². The highest BCUT2D eigenvalue weighted by atomic mass is 32.2. The van der Waals surface area contributed by atoms with Crippen LogP contribution in [0.2, 0.25) is 0 Å². The van der Waals surface area contributed by atoms with Gasteiger partial charge in [0.2, 0.25) is 5.91 Å². The van der Waals surface area contributed by atoms with E-state index in [4.69, 9.17) is 5.73 Å². The Morgan fingerprint density at radius 1 is 1.39 bits per heavy atom. The largest absolute Gasteiger partial charge is 0.397 e. The molecule has 1 fully saturated rings. The Balaban J connectivity index is 2.13. The van der Waals surface area contributed by atoms with E-state index >= 15 is 0 Å². The van der Waals surface area contributed by atoms with Crippen molar-refractivity contribution in [3.05, 3.63) is 23.3 Å². The molecular formula is C14H20N2OS. The van der Waals surface area contributed by atoms with Gasteiger partial charge in [-0.1, -0.05) is 12.5 Å². The van der Waals surface area contributed by atoms with Gasteiger partial charge in [-0.2, -0.15) is 0 Å². The molecule has 0 spiro atoms. The number of rotatable bonds is 2. The van der Waals surface area contributed by atoms with Crippen LogP contribution in [0.15, 0.2) is 12.1 Å². The summed E-state index contributed by atoms with van der Waals surface area (Å²) in [4.78, 5) is 12.2. The summed E-state index contributed by atoms with van der Waals surface area (Å²) >= 11 is 1.75. The van der Waals surface area contributed by atoms with E-state index in [2.05, 4.69) is 5.32 Å². The normalized spacial score (nSPS) is 19.6. The minimum absolute atomic E-state index is 0.0815. The van der Waals surface area contributed by atoms with Gasteiger partial charge in [0, 0.05) is 0 Å². The number of hydrogen-bond acceptors (Lipinski definition) is 3. The zero-order valence-corrected chi connectivity index (χ0v) is 11.8. The maximum atomic E-state index is 12.2. The predicted molar refractivity (Wildman–Crippen MR) is 79.1 cm³/mol. The van der Waals surface area contributed by atoms with Crippen LogP contribution in [0.3, 0.4) is 0 Å². The van der Waals surface area contributed by atoms with E-state index in [9.17, 15) is 4.79 Å². The summed E-state index contributed by atoms with van der Waals surface area (Å²) in [5.74, 6) is 1.18. The number of benzene rings is 1. The van der Waals surface area contributed by atoms with Crippen LogP contribution in [-0.2, 0) is 4.79 Å². The second-order valence-corrected chi connectivity index (χ2v) is 6.13. The smallest absolute Gasteiger partial charge is 0.237 e. The van der Waals surface area contributed by atoms with Crippen molar-refractivity contribution in [3.63, 3.8) is 0 Å². The molecule has 1 heterocycles. The van der Waals surface area contributed by atoms with Crippen molar-refractivity contribution in [1.82, 2.24) is 0 Å². The van der Waals surface area contributed by atoms with Gasteiger partial charge in [-0.25, -0.2) is 0 Å². The molecule has 3 N–H and O–H groups in total. The van der Waals surface area contributed by atoms with Crippen LogP contribution in [0, 0.1) is 13.8 Å². The fourth-order valence-electron chi connectivity index (χ4n) is 2.15. The molecule has 18 heavy (non-hydrogen) atoms. The van der Waals surface area contributed by atoms with E-state index in [0.29, 0.717) is 5.69 Å². The molecule has 0 aliphatic carbocycles. The van der Waals surface area contributed by atoms with Gasteiger partial charge in [-0.05, 0) is 49.6 Å². The van der Waals surface area contributed by atoms with Gasteiger partial charge in [-0.15, -0.1) is 11.8 Å². The lowest BCUT2D eigenvalue weighted by molar-refractivity contribution is -0.115. The number of aryl methyl sites for hydroxylation is 1. The van der Waals surface area contributed by atoms with Crippen molar-refractivity contribution >= 4 is 29.0 Å². The maximum Gasteiger partial charge on any atom is 0.237 e. The lowest BCUT2D eigenvalue weighted by Gasteiger charge is -2.22. The summed E-state index contributed by atoms with van der Waals surface area (Å²) in [6, 6.07) is 3.83. The first-order chi connectivity index (χ1) is 8.59. The summed E-state index contributed by atoms with van der Waals surface area (Å²) in [6.45, 7) is 4.02. The third-order valence-electron chi connectivity index (χ3n) is 3.49. The first-order valence-corrected chi connectivity index (χ1v) is 7.42. The van der Waals surface area contributed by atoms with Gasteiger partial charge in [0.25, 0.3) is 0 Å². The standard InChI is InChI=1S/C14H20N2OS/c1-9-6-7-11(15)13(10(9)2)16-14(17)12-5-3-4-8-18-12/h6-7,12H,3-5,8,15H2,1-2H3,(H,16,17). The molecule has 0 aromatic heterocycles. The fourth-order valence-corrected chi connectivity index (χ4v) is 3.35. The molecule has 4 heteroatoms. The van der Waals surface area contributed by atoms with Gasteiger partial charge < -0.3 is 11.1 Å². The molecule has 1 saturated heterocycles. The van der Waals surface area contributed by atoms with Crippen molar-refractivity contribution in [2.24, 2.45) is 0 Å². The molecule has 1 aliphatic heterocycles. The van der Waals surface area contributed by atoms with Crippen LogP contribution in [0.4, 0.5) is 11.4 Å². The Morgan fingerprint density at radius 3 is 2.83 bits per heavy atom. The molecule has 0 saturated carbocycles. The quantitative estimate of drug-likeness (QED) is 0.807. The van der Waals surface area contributed by atoms with Gasteiger partial charge in [-0.3, -0.25) is 4.79 Å². The van der Waals surface area contributed by atoms with E-state index in [1.807, 2.05) is 26.0 Å². The Bertz CT molecular complexity index is 453. The second-order valence-electron chi connectivity index (χ2n) is 4.82. The monoisotopic (exact) mass is 264 g/mol. The van der Waals surface area contributed by atoms with Crippen molar-refractivity contribution < 1.29 is 4.79 Å². The average Bonchev–Trinajstić information content (AvgIpc) is 2.40. The molecule has 0 radical (unpaired) electrons. The topological polar surface area (TPSA) is 55.1 Å². The fraction of sp³-hybridized carbons (Fsp3) is 0.500. The number of anilines is 2. The van der Waals surface area contributed by atoms with Gasteiger partial charge >= 0.3 is 0 Å². The van der Waals surface area contributed by atoms with Crippen LogP contribution in [0.5, 0.6) is 0 Å².